The van der Waals surface area contributed by atoms with E-state index in [9.17, 15) is 5.41 Å². The van der Waals surface area contributed by atoms with Gasteiger partial charge < -0.3 is 4.74 Å². The summed E-state index contributed by atoms with van der Waals surface area (Å²) < 4.78 is 6.24. The van der Waals surface area contributed by atoms with Crippen LogP contribution >= 0.6 is 0 Å². The summed E-state index contributed by atoms with van der Waals surface area (Å²) in [7, 11) is 0. The summed E-state index contributed by atoms with van der Waals surface area (Å²) in [5.41, 5.74) is 3.83. The molecular weight excluding hydrogens is 488 g/mol. The molecule has 0 saturated heterocycles. The second kappa shape index (κ2) is 9.89. The maximum atomic E-state index is 9.55. The highest BCUT2D eigenvalue weighted by Crippen LogP contribution is 2.76. The normalized spacial score (nSPS) is 30.8. The number of rotatable bonds is 7. The van der Waals surface area contributed by atoms with E-state index in [1.807, 2.05) is 36.4 Å². The fourth-order valence-electron chi connectivity index (χ4n) is 8.95. The van der Waals surface area contributed by atoms with Crippen molar-refractivity contribution in [2.24, 2.45) is 10.8 Å². The molecule has 4 aliphatic carbocycles. The van der Waals surface area contributed by atoms with Crippen molar-refractivity contribution in [3.8, 4) is 0 Å². The first kappa shape index (κ1) is 26.3. The molecule has 0 amide bonds. The molecule has 0 radical (unpaired) electrons. The number of hydrogen-bond donors (Lipinski definition) is 2. The van der Waals surface area contributed by atoms with Crippen molar-refractivity contribution >= 4 is 11.8 Å². The van der Waals surface area contributed by atoms with Gasteiger partial charge in [0.25, 0.3) is 0 Å². The van der Waals surface area contributed by atoms with Crippen molar-refractivity contribution < 1.29 is 4.74 Å². The molecule has 7 rings (SSSR count). The fraction of sp³-hybridized carbons (Fsp3) is 0.297. The summed E-state index contributed by atoms with van der Waals surface area (Å²) in [6.07, 6.45) is 14.2. The third kappa shape index (κ3) is 4.20. The summed E-state index contributed by atoms with van der Waals surface area (Å²) in [6.45, 7) is 6.16. The van der Waals surface area contributed by atoms with Gasteiger partial charge in [-0.25, -0.2) is 0 Å². The number of allylic oxidation sites excluding steroid dienone is 5. The Morgan fingerprint density at radius 1 is 0.700 bits per heavy atom. The third-order valence-electron chi connectivity index (χ3n) is 9.81. The zero-order valence-electron chi connectivity index (χ0n) is 23.3. The second-order valence-corrected chi connectivity index (χ2v) is 12.4. The number of hydrogen-bond acceptors (Lipinski definition) is 3. The topological polar surface area (TPSA) is 56.9 Å². The van der Waals surface area contributed by atoms with E-state index < -0.39 is 5.41 Å². The van der Waals surface area contributed by atoms with Crippen LogP contribution in [0.25, 0.3) is 0 Å². The van der Waals surface area contributed by atoms with Crippen LogP contribution in [-0.2, 0) is 15.6 Å². The monoisotopic (exact) mass is 526 g/mol. The molecule has 202 valence electrons. The van der Waals surface area contributed by atoms with Gasteiger partial charge in [-0.3, -0.25) is 10.8 Å². The molecule has 2 N–H and O–H groups in total. The van der Waals surface area contributed by atoms with Crippen LogP contribution in [-0.4, -0.2) is 11.8 Å². The van der Waals surface area contributed by atoms with Gasteiger partial charge in [-0.1, -0.05) is 110 Å². The Balaban J connectivity index is 1.55. The Labute approximate surface area is 238 Å². The first-order chi connectivity index (χ1) is 19.4. The Bertz CT molecular complexity index is 1430. The second-order valence-electron chi connectivity index (χ2n) is 12.4. The molecule has 3 aromatic carbocycles. The molecule has 40 heavy (non-hydrogen) atoms. The molecule has 3 heteroatoms. The van der Waals surface area contributed by atoms with E-state index in [2.05, 4.69) is 92.4 Å². The van der Waals surface area contributed by atoms with E-state index in [-0.39, 0.29) is 28.0 Å². The quantitative estimate of drug-likeness (QED) is 0.180. The van der Waals surface area contributed by atoms with Crippen LogP contribution < -0.4 is 0 Å². The molecule has 4 aliphatic rings. The fourth-order valence-corrected chi connectivity index (χ4v) is 8.95. The van der Waals surface area contributed by atoms with Crippen molar-refractivity contribution in [3.05, 3.63) is 144 Å². The van der Waals surface area contributed by atoms with Crippen LogP contribution in [0, 0.1) is 21.6 Å². The number of ether oxygens (including phenoxy) is 1. The van der Waals surface area contributed by atoms with Crippen LogP contribution in [0.1, 0.15) is 62.1 Å². The van der Waals surface area contributed by atoms with Crippen molar-refractivity contribution in [2.45, 2.75) is 56.3 Å². The first-order valence-electron chi connectivity index (χ1n) is 14.4. The molecule has 4 fully saturated rings. The third-order valence-corrected chi connectivity index (χ3v) is 9.81. The molecule has 0 heterocycles. The van der Waals surface area contributed by atoms with E-state index in [4.69, 9.17) is 10.1 Å². The van der Waals surface area contributed by atoms with Crippen LogP contribution in [0.15, 0.2) is 127 Å². The lowest BCUT2D eigenvalue weighted by Crippen LogP contribution is -2.66. The lowest BCUT2D eigenvalue weighted by atomic mass is 9.32. The predicted molar refractivity (Wildman–Crippen MR) is 164 cm³/mol. The molecule has 0 aliphatic heterocycles. The molecule has 3 nitrogen and oxygen atoms in total. The van der Waals surface area contributed by atoms with Crippen LogP contribution in [0.3, 0.4) is 0 Å². The van der Waals surface area contributed by atoms with Gasteiger partial charge in [0.2, 0.25) is 5.90 Å². The van der Waals surface area contributed by atoms with Gasteiger partial charge in [-0.05, 0) is 90.5 Å². The molecule has 4 bridgehead atoms. The highest BCUT2D eigenvalue weighted by atomic mass is 16.5. The predicted octanol–water partition coefficient (Wildman–Crippen LogP) is 8.92. The highest BCUT2D eigenvalue weighted by molar-refractivity contribution is 6.01. The molecule has 4 saturated carbocycles. The highest BCUT2D eigenvalue weighted by Gasteiger charge is 2.71. The van der Waals surface area contributed by atoms with Gasteiger partial charge in [-0.2, -0.15) is 0 Å². The summed E-state index contributed by atoms with van der Waals surface area (Å²) in [5.74, 6) is 0.289. The first-order valence-corrected chi connectivity index (χ1v) is 14.4. The van der Waals surface area contributed by atoms with Gasteiger partial charge >= 0.3 is 0 Å². The lowest BCUT2D eigenvalue weighted by molar-refractivity contribution is -0.100. The van der Waals surface area contributed by atoms with Crippen molar-refractivity contribution in [1.29, 1.82) is 10.8 Å². The van der Waals surface area contributed by atoms with E-state index in [1.165, 1.54) is 16.7 Å². The summed E-state index contributed by atoms with van der Waals surface area (Å²) in [5, 5.41) is 18.3. The Hall–Kier alpha value is -3.98. The Morgan fingerprint density at radius 3 is 1.70 bits per heavy atom. The number of benzene rings is 3. The van der Waals surface area contributed by atoms with E-state index >= 15 is 0 Å². The minimum atomic E-state index is -0.497. The minimum absolute atomic E-state index is 0.0493. The summed E-state index contributed by atoms with van der Waals surface area (Å²) >= 11 is 0. The Kier molecular flexibility index (Phi) is 6.49. The number of nitrogens with one attached hydrogen (secondary N) is 2. The van der Waals surface area contributed by atoms with Crippen LogP contribution in [0.2, 0.25) is 0 Å². The molecule has 3 aromatic rings. The average molecular weight is 527 g/mol. The molecule has 2 unspecified atom stereocenters. The molecule has 2 atom stereocenters. The van der Waals surface area contributed by atoms with Crippen molar-refractivity contribution in [3.63, 3.8) is 0 Å². The molecule has 0 aromatic heterocycles. The van der Waals surface area contributed by atoms with Gasteiger partial charge in [0, 0.05) is 11.0 Å². The zero-order chi connectivity index (χ0) is 27.8. The maximum Gasteiger partial charge on any atom is 0.220 e. The van der Waals surface area contributed by atoms with Crippen molar-refractivity contribution in [2.75, 3.05) is 0 Å². The maximum absolute atomic E-state index is 9.55. The van der Waals surface area contributed by atoms with Gasteiger partial charge in [-0.15, -0.1) is 0 Å². The van der Waals surface area contributed by atoms with Gasteiger partial charge in [0.1, 0.15) is 0 Å². The standard InChI is InChI=1S/C37H38N2O/c1-3-14-29(15-4-2)34-22-35(30-18-10-6-11-19-30)24-36(23-34,31-20-12-7-13-21-31)27-37(25-34,26-35)33(39)40-32(38)28-16-8-5-9-17-28/h3-21,38-39H,1,22-27H2,2H3/b15-4-,29-14+,38-32?,39-33?. The van der Waals surface area contributed by atoms with Crippen LogP contribution in [0.4, 0.5) is 0 Å². The van der Waals surface area contributed by atoms with E-state index in [0.717, 1.165) is 38.5 Å². The van der Waals surface area contributed by atoms with Gasteiger partial charge in [0.05, 0.1) is 0 Å². The summed E-state index contributed by atoms with van der Waals surface area (Å²) in [4.78, 5) is 0. The van der Waals surface area contributed by atoms with Crippen LogP contribution in [0.5, 0.6) is 0 Å². The van der Waals surface area contributed by atoms with E-state index in [0.29, 0.717) is 5.56 Å². The van der Waals surface area contributed by atoms with Gasteiger partial charge in [0.15, 0.2) is 5.90 Å². The average Bonchev–Trinajstić information content (AvgIpc) is 2.98. The summed E-state index contributed by atoms with van der Waals surface area (Å²) in [6, 6.07) is 31.5. The SMILES string of the molecule is C=C/C=C(\C=C/C)C12CC3(C(=N)OC(=N)c4ccccc4)CC(c4ccccc4)(C1)CC(c1ccccc1)(C3)C2. The molecule has 0 spiro atoms. The smallest absolute Gasteiger partial charge is 0.220 e. The Morgan fingerprint density at radius 2 is 1.20 bits per heavy atom. The van der Waals surface area contributed by atoms with E-state index in [1.54, 1.807) is 0 Å². The molecular formula is C37H38N2O. The largest absolute Gasteiger partial charge is 0.425 e. The lowest BCUT2D eigenvalue weighted by Gasteiger charge is -2.71. The minimum Gasteiger partial charge on any atom is -0.425 e. The van der Waals surface area contributed by atoms with Crippen molar-refractivity contribution in [1.82, 2.24) is 0 Å². The zero-order valence-corrected chi connectivity index (χ0v) is 23.3.